The third kappa shape index (κ3) is 3.51. The molecule has 2 unspecified atom stereocenters. The molecule has 0 amide bonds. The molecule has 2 atom stereocenters. The lowest BCUT2D eigenvalue weighted by Gasteiger charge is -2.19. The third-order valence-electron chi connectivity index (χ3n) is 2.74. The summed E-state index contributed by atoms with van der Waals surface area (Å²) in [6, 6.07) is 7.56. The SMILES string of the molecule is CCCC(N)C(O)Cc1ccccc1OC. The average molecular weight is 223 g/mol. The van der Waals surface area contributed by atoms with Crippen molar-refractivity contribution in [2.75, 3.05) is 7.11 Å². The highest BCUT2D eigenvalue weighted by Crippen LogP contribution is 2.20. The summed E-state index contributed by atoms with van der Waals surface area (Å²) in [6.07, 6.45) is 1.88. The monoisotopic (exact) mass is 223 g/mol. The minimum atomic E-state index is -0.503. The van der Waals surface area contributed by atoms with Gasteiger partial charge in [0.25, 0.3) is 0 Å². The summed E-state index contributed by atoms with van der Waals surface area (Å²) in [5, 5.41) is 9.94. The number of ether oxygens (including phenoxy) is 1. The molecule has 0 bridgehead atoms. The van der Waals surface area contributed by atoms with Crippen LogP contribution in [0.15, 0.2) is 24.3 Å². The van der Waals surface area contributed by atoms with E-state index in [9.17, 15) is 5.11 Å². The van der Waals surface area contributed by atoms with Gasteiger partial charge in [-0.05, 0) is 18.1 Å². The van der Waals surface area contributed by atoms with Gasteiger partial charge in [-0.2, -0.15) is 0 Å². The number of aliphatic hydroxyl groups excluding tert-OH is 1. The summed E-state index contributed by atoms with van der Waals surface area (Å²) in [5.41, 5.74) is 6.88. The zero-order chi connectivity index (χ0) is 12.0. The maximum atomic E-state index is 9.94. The smallest absolute Gasteiger partial charge is 0.122 e. The molecule has 0 spiro atoms. The number of hydrogen-bond acceptors (Lipinski definition) is 3. The van der Waals surface area contributed by atoms with Crippen molar-refractivity contribution in [3.63, 3.8) is 0 Å². The summed E-state index contributed by atoms with van der Waals surface area (Å²) in [5.74, 6) is 0.810. The highest BCUT2D eigenvalue weighted by molar-refractivity contribution is 5.33. The molecule has 0 saturated heterocycles. The fraction of sp³-hybridized carbons (Fsp3) is 0.538. The van der Waals surface area contributed by atoms with Gasteiger partial charge in [-0.3, -0.25) is 0 Å². The Hall–Kier alpha value is -1.06. The highest BCUT2D eigenvalue weighted by atomic mass is 16.5. The van der Waals surface area contributed by atoms with E-state index in [4.69, 9.17) is 10.5 Å². The van der Waals surface area contributed by atoms with Crippen molar-refractivity contribution < 1.29 is 9.84 Å². The molecule has 0 aliphatic heterocycles. The molecule has 0 fully saturated rings. The summed E-state index contributed by atoms with van der Waals surface area (Å²) in [7, 11) is 1.64. The summed E-state index contributed by atoms with van der Waals surface area (Å²) >= 11 is 0. The van der Waals surface area contributed by atoms with E-state index >= 15 is 0 Å². The van der Waals surface area contributed by atoms with Crippen molar-refractivity contribution in [2.24, 2.45) is 5.73 Å². The van der Waals surface area contributed by atoms with Crippen molar-refractivity contribution in [3.05, 3.63) is 29.8 Å². The van der Waals surface area contributed by atoms with Gasteiger partial charge >= 0.3 is 0 Å². The Morgan fingerprint density at radius 3 is 2.69 bits per heavy atom. The Morgan fingerprint density at radius 1 is 1.38 bits per heavy atom. The quantitative estimate of drug-likeness (QED) is 0.772. The maximum Gasteiger partial charge on any atom is 0.122 e. The molecule has 1 aromatic rings. The van der Waals surface area contributed by atoms with E-state index in [-0.39, 0.29) is 6.04 Å². The normalized spacial score (nSPS) is 14.5. The zero-order valence-corrected chi connectivity index (χ0v) is 10.0. The van der Waals surface area contributed by atoms with E-state index in [0.29, 0.717) is 6.42 Å². The second kappa shape index (κ2) is 6.51. The Morgan fingerprint density at radius 2 is 2.06 bits per heavy atom. The number of aliphatic hydroxyl groups is 1. The van der Waals surface area contributed by atoms with Gasteiger partial charge in [0.2, 0.25) is 0 Å². The number of para-hydroxylation sites is 1. The molecular weight excluding hydrogens is 202 g/mol. The van der Waals surface area contributed by atoms with E-state index < -0.39 is 6.10 Å². The van der Waals surface area contributed by atoms with Crippen molar-refractivity contribution in [3.8, 4) is 5.75 Å². The highest BCUT2D eigenvalue weighted by Gasteiger charge is 2.16. The number of hydrogen-bond donors (Lipinski definition) is 2. The minimum Gasteiger partial charge on any atom is -0.496 e. The first-order valence-electron chi connectivity index (χ1n) is 5.74. The van der Waals surface area contributed by atoms with Crippen LogP contribution < -0.4 is 10.5 Å². The van der Waals surface area contributed by atoms with E-state index in [1.807, 2.05) is 24.3 Å². The molecule has 3 N–H and O–H groups in total. The Labute approximate surface area is 97.2 Å². The van der Waals surface area contributed by atoms with Crippen LogP contribution in [0.2, 0.25) is 0 Å². The van der Waals surface area contributed by atoms with Gasteiger partial charge in [-0.25, -0.2) is 0 Å². The standard InChI is InChI=1S/C13H21NO2/c1-3-6-11(14)12(15)9-10-7-4-5-8-13(10)16-2/h4-5,7-8,11-12,15H,3,6,9,14H2,1-2H3. The first-order chi connectivity index (χ1) is 7.69. The fourth-order valence-corrected chi connectivity index (χ4v) is 1.77. The van der Waals surface area contributed by atoms with Gasteiger partial charge in [0.1, 0.15) is 5.75 Å². The summed E-state index contributed by atoms with van der Waals surface area (Å²) < 4.78 is 5.23. The van der Waals surface area contributed by atoms with Crippen LogP contribution in [0.4, 0.5) is 0 Å². The van der Waals surface area contributed by atoms with Crippen LogP contribution >= 0.6 is 0 Å². The molecule has 1 rings (SSSR count). The van der Waals surface area contributed by atoms with E-state index in [2.05, 4.69) is 6.92 Å². The molecule has 3 nitrogen and oxygen atoms in total. The lowest BCUT2D eigenvalue weighted by atomic mass is 9.99. The van der Waals surface area contributed by atoms with Crippen LogP contribution in [0, 0.1) is 0 Å². The first-order valence-corrected chi connectivity index (χ1v) is 5.74. The van der Waals surface area contributed by atoms with Crippen molar-refractivity contribution >= 4 is 0 Å². The molecule has 1 aromatic carbocycles. The van der Waals surface area contributed by atoms with Crippen LogP contribution in [0.5, 0.6) is 5.75 Å². The maximum absolute atomic E-state index is 9.94. The predicted octanol–water partition coefficient (Wildman–Crippen LogP) is 1.73. The largest absolute Gasteiger partial charge is 0.496 e. The fourth-order valence-electron chi connectivity index (χ4n) is 1.77. The van der Waals surface area contributed by atoms with E-state index in [1.54, 1.807) is 7.11 Å². The molecule has 90 valence electrons. The molecule has 0 radical (unpaired) electrons. The zero-order valence-electron chi connectivity index (χ0n) is 10.0. The second-order valence-corrected chi connectivity index (χ2v) is 4.04. The number of benzene rings is 1. The van der Waals surface area contributed by atoms with E-state index in [1.165, 1.54) is 0 Å². The predicted molar refractivity (Wildman–Crippen MR) is 65.6 cm³/mol. The third-order valence-corrected chi connectivity index (χ3v) is 2.74. The topological polar surface area (TPSA) is 55.5 Å². The van der Waals surface area contributed by atoms with Crippen LogP contribution in [0.3, 0.4) is 0 Å². The number of rotatable bonds is 6. The van der Waals surface area contributed by atoms with E-state index in [0.717, 1.165) is 24.2 Å². The first kappa shape index (κ1) is 13.0. The van der Waals surface area contributed by atoms with Gasteiger partial charge in [-0.1, -0.05) is 31.5 Å². The van der Waals surface area contributed by atoms with Crippen LogP contribution in [0.1, 0.15) is 25.3 Å². The van der Waals surface area contributed by atoms with Gasteiger partial charge in [-0.15, -0.1) is 0 Å². The van der Waals surface area contributed by atoms with Crippen molar-refractivity contribution in [1.29, 1.82) is 0 Å². The van der Waals surface area contributed by atoms with Gasteiger partial charge < -0.3 is 15.6 Å². The van der Waals surface area contributed by atoms with Crippen molar-refractivity contribution in [1.82, 2.24) is 0 Å². The van der Waals surface area contributed by atoms with Crippen molar-refractivity contribution in [2.45, 2.75) is 38.3 Å². The average Bonchev–Trinajstić information content (AvgIpc) is 2.30. The Kier molecular flexibility index (Phi) is 5.29. The molecule has 0 heterocycles. The second-order valence-electron chi connectivity index (χ2n) is 4.04. The molecule has 0 aromatic heterocycles. The molecule has 3 heteroatoms. The Balaban J connectivity index is 2.64. The van der Waals surface area contributed by atoms with Gasteiger partial charge in [0, 0.05) is 12.5 Å². The lowest BCUT2D eigenvalue weighted by molar-refractivity contribution is 0.139. The molecular formula is C13H21NO2. The lowest BCUT2D eigenvalue weighted by Crippen LogP contribution is -2.36. The number of nitrogens with two attached hydrogens (primary N) is 1. The molecule has 0 aliphatic carbocycles. The van der Waals surface area contributed by atoms with Gasteiger partial charge in [0.15, 0.2) is 0 Å². The molecule has 0 aliphatic rings. The summed E-state index contributed by atoms with van der Waals surface area (Å²) in [4.78, 5) is 0. The van der Waals surface area contributed by atoms with Crippen LogP contribution in [-0.4, -0.2) is 24.4 Å². The molecule has 16 heavy (non-hydrogen) atoms. The molecule has 0 saturated carbocycles. The van der Waals surface area contributed by atoms with Crippen LogP contribution in [-0.2, 0) is 6.42 Å². The van der Waals surface area contributed by atoms with Gasteiger partial charge in [0.05, 0.1) is 13.2 Å². The Bertz CT molecular complexity index is 315. The number of methoxy groups -OCH3 is 1. The minimum absolute atomic E-state index is 0.157. The summed E-state index contributed by atoms with van der Waals surface area (Å²) in [6.45, 7) is 2.07. The van der Waals surface area contributed by atoms with Crippen LogP contribution in [0.25, 0.3) is 0 Å².